The summed E-state index contributed by atoms with van der Waals surface area (Å²) in [6.07, 6.45) is -0.828. The number of aromatic amines is 1. The summed E-state index contributed by atoms with van der Waals surface area (Å²) < 4.78 is 38.5. The number of hydrogen-bond acceptors (Lipinski definition) is 3. The van der Waals surface area contributed by atoms with Gasteiger partial charge in [0, 0.05) is 16.8 Å². The molecule has 1 heterocycles. The molecule has 0 saturated heterocycles. The number of nitriles is 1. The number of nitrogens with zero attached hydrogens (tertiary/aromatic N) is 2. The maximum Gasteiger partial charge on any atom is 0.416 e. The van der Waals surface area contributed by atoms with Gasteiger partial charge in [0.25, 0.3) is 5.91 Å². The molecule has 152 valence electrons. The molecule has 3 rings (SSSR count). The van der Waals surface area contributed by atoms with Crippen LogP contribution in [-0.2, 0) is 17.4 Å². The second-order valence-corrected chi connectivity index (χ2v) is 6.45. The number of nitrogens with one attached hydrogen (secondary N) is 2. The lowest BCUT2D eigenvalue weighted by molar-refractivity contribution is -0.137. The van der Waals surface area contributed by atoms with Crippen LogP contribution in [0, 0.1) is 11.3 Å². The molecule has 3 aromatic rings. The summed E-state index contributed by atoms with van der Waals surface area (Å²) in [5.41, 5.74) is 1.90. The molecule has 0 fully saturated rings. The highest BCUT2D eigenvalue weighted by Gasteiger charge is 2.30. The zero-order chi connectivity index (χ0) is 21.7. The number of alkyl halides is 3. The number of hydrogen-bond donors (Lipinski definition) is 2. The van der Waals surface area contributed by atoms with Crippen LogP contribution in [0.5, 0.6) is 0 Å². The minimum absolute atomic E-state index is 0.0569. The first-order valence-electron chi connectivity index (χ1n) is 9.05. The second kappa shape index (κ2) is 8.66. The monoisotopic (exact) mass is 410 g/mol. The molecule has 0 spiro atoms. The van der Waals surface area contributed by atoms with E-state index < -0.39 is 17.6 Å². The van der Waals surface area contributed by atoms with E-state index in [1.54, 1.807) is 6.07 Å². The van der Waals surface area contributed by atoms with Gasteiger partial charge in [-0.05, 0) is 36.3 Å². The Labute approximate surface area is 170 Å². The maximum absolute atomic E-state index is 12.8. The molecule has 0 unspecified atom stereocenters. The predicted molar refractivity (Wildman–Crippen MR) is 107 cm³/mol. The molecule has 0 saturated carbocycles. The first-order valence-corrected chi connectivity index (χ1v) is 9.05. The number of aromatic nitrogens is 2. The van der Waals surface area contributed by atoms with Crippen molar-refractivity contribution in [3.63, 3.8) is 0 Å². The molecule has 0 aliphatic rings. The van der Waals surface area contributed by atoms with E-state index >= 15 is 0 Å². The van der Waals surface area contributed by atoms with Crippen LogP contribution >= 0.6 is 0 Å². The van der Waals surface area contributed by atoms with Crippen LogP contribution in [0.4, 0.5) is 18.9 Å². The Balaban J connectivity index is 1.85. The molecule has 30 heavy (non-hydrogen) atoms. The number of amides is 1. The average molecular weight is 410 g/mol. The SMILES string of the molecule is CCc1ccc(-c2[nH]ncc2/C=C(/C#N)C(=O)Nc2cccc(C(F)(F)F)c2)cc1. The summed E-state index contributed by atoms with van der Waals surface area (Å²) in [4.78, 5) is 12.4. The summed E-state index contributed by atoms with van der Waals surface area (Å²) in [5.74, 6) is -0.815. The van der Waals surface area contributed by atoms with Crippen molar-refractivity contribution < 1.29 is 18.0 Å². The van der Waals surface area contributed by atoms with E-state index in [4.69, 9.17) is 0 Å². The van der Waals surface area contributed by atoms with Gasteiger partial charge in [0.05, 0.1) is 17.5 Å². The van der Waals surface area contributed by atoms with Crippen molar-refractivity contribution in [2.24, 2.45) is 0 Å². The molecule has 0 radical (unpaired) electrons. The number of anilines is 1. The summed E-state index contributed by atoms with van der Waals surface area (Å²) in [7, 11) is 0. The van der Waals surface area contributed by atoms with Gasteiger partial charge in [-0.1, -0.05) is 37.3 Å². The largest absolute Gasteiger partial charge is 0.416 e. The Kier molecular flexibility index (Phi) is 6.02. The summed E-state index contributed by atoms with van der Waals surface area (Å²) >= 11 is 0. The Bertz CT molecular complexity index is 1120. The lowest BCUT2D eigenvalue weighted by atomic mass is 10.0. The molecule has 2 aromatic carbocycles. The minimum atomic E-state index is -4.53. The van der Waals surface area contributed by atoms with Crippen LogP contribution in [0.2, 0.25) is 0 Å². The summed E-state index contributed by atoms with van der Waals surface area (Å²) in [5, 5.41) is 18.5. The van der Waals surface area contributed by atoms with Gasteiger partial charge in [-0.25, -0.2) is 0 Å². The van der Waals surface area contributed by atoms with Crippen molar-refractivity contribution in [1.82, 2.24) is 10.2 Å². The van der Waals surface area contributed by atoms with Gasteiger partial charge in [0.1, 0.15) is 11.6 Å². The minimum Gasteiger partial charge on any atom is -0.321 e. The van der Waals surface area contributed by atoms with E-state index in [-0.39, 0.29) is 11.3 Å². The first-order chi connectivity index (χ1) is 14.3. The number of H-pyrrole nitrogens is 1. The van der Waals surface area contributed by atoms with Crippen molar-refractivity contribution in [2.45, 2.75) is 19.5 Å². The second-order valence-electron chi connectivity index (χ2n) is 6.45. The Morgan fingerprint density at radius 1 is 1.23 bits per heavy atom. The van der Waals surface area contributed by atoms with Crippen LogP contribution in [0.3, 0.4) is 0 Å². The fourth-order valence-corrected chi connectivity index (χ4v) is 2.82. The van der Waals surface area contributed by atoms with Crippen molar-refractivity contribution in [2.75, 3.05) is 5.32 Å². The molecule has 8 heteroatoms. The van der Waals surface area contributed by atoms with Gasteiger partial charge in [-0.15, -0.1) is 0 Å². The van der Waals surface area contributed by atoms with Crippen molar-refractivity contribution in [3.05, 3.63) is 77.0 Å². The van der Waals surface area contributed by atoms with Crippen LogP contribution < -0.4 is 5.32 Å². The van der Waals surface area contributed by atoms with Crippen LogP contribution in [0.15, 0.2) is 60.3 Å². The Morgan fingerprint density at radius 3 is 2.60 bits per heavy atom. The lowest BCUT2D eigenvalue weighted by Gasteiger charge is -2.09. The normalized spacial score (nSPS) is 11.8. The quantitative estimate of drug-likeness (QED) is 0.448. The van der Waals surface area contributed by atoms with Gasteiger partial charge >= 0.3 is 6.18 Å². The average Bonchev–Trinajstić information content (AvgIpc) is 3.19. The highest BCUT2D eigenvalue weighted by molar-refractivity contribution is 6.10. The smallest absolute Gasteiger partial charge is 0.321 e. The topological polar surface area (TPSA) is 81.6 Å². The molecule has 1 aromatic heterocycles. The van der Waals surface area contributed by atoms with Gasteiger partial charge in [0.15, 0.2) is 0 Å². The van der Waals surface area contributed by atoms with Crippen LogP contribution in [0.1, 0.15) is 23.6 Å². The number of halogens is 3. The standard InChI is InChI=1S/C22H17F3N4O/c1-2-14-6-8-15(9-7-14)20-17(13-27-29-20)10-16(12-26)21(30)28-19-5-3-4-18(11-19)22(23,24)25/h3-11,13H,2H2,1H3,(H,27,29)(H,28,30)/b16-10-. The molecular weight excluding hydrogens is 393 g/mol. The van der Waals surface area contributed by atoms with Gasteiger partial charge < -0.3 is 5.32 Å². The van der Waals surface area contributed by atoms with E-state index in [0.717, 1.165) is 29.7 Å². The fourth-order valence-electron chi connectivity index (χ4n) is 2.82. The van der Waals surface area contributed by atoms with Crippen LogP contribution in [-0.4, -0.2) is 16.1 Å². The lowest BCUT2D eigenvalue weighted by Crippen LogP contribution is -2.14. The van der Waals surface area contributed by atoms with E-state index in [1.165, 1.54) is 24.4 Å². The highest BCUT2D eigenvalue weighted by atomic mass is 19.4. The molecule has 0 bridgehead atoms. The third-order valence-electron chi connectivity index (χ3n) is 4.43. The first kappa shape index (κ1) is 20.9. The number of benzene rings is 2. The van der Waals surface area contributed by atoms with E-state index in [0.29, 0.717) is 11.3 Å². The predicted octanol–water partition coefficient (Wildman–Crippen LogP) is 5.20. The van der Waals surface area contributed by atoms with Gasteiger partial charge in [-0.3, -0.25) is 9.89 Å². The Morgan fingerprint density at radius 2 is 1.97 bits per heavy atom. The van der Waals surface area contributed by atoms with E-state index in [9.17, 15) is 23.2 Å². The zero-order valence-corrected chi connectivity index (χ0v) is 15.9. The number of aryl methyl sites for hydroxylation is 1. The van der Waals surface area contributed by atoms with Crippen molar-refractivity contribution in [3.8, 4) is 17.3 Å². The van der Waals surface area contributed by atoms with E-state index in [2.05, 4.69) is 15.5 Å². The summed E-state index contributed by atoms with van der Waals surface area (Å²) in [6, 6.07) is 13.7. The summed E-state index contributed by atoms with van der Waals surface area (Å²) in [6.45, 7) is 2.04. The van der Waals surface area contributed by atoms with Gasteiger partial charge in [0.2, 0.25) is 0 Å². The molecule has 2 N–H and O–H groups in total. The molecule has 0 aliphatic carbocycles. The molecule has 0 aliphatic heterocycles. The third kappa shape index (κ3) is 4.75. The number of carbonyl (C=O) groups excluding carboxylic acids is 1. The fraction of sp³-hybridized carbons (Fsp3) is 0.136. The molecular formula is C22H17F3N4O. The van der Waals surface area contributed by atoms with Crippen molar-refractivity contribution in [1.29, 1.82) is 5.26 Å². The molecule has 1 amide bonds. The zero-order valence-electron chi connectivity index (χ0n) is 15.9. The maximum atomic E-state index is 12.8. The van der Waals surface area contributed by atoms with Crippen LogP contribution in [0.25, 0.3) is 17.3 Å². The van der Waals surface area contributed by atoms with Gasteiger partial charge in [-0.2, -0.15) is 23.5 Å². The number of carbonyl (C=O) groups is 1. The molecule has 0 atom stereocenters. The van der Waals surface area contributed by atoms with E-state index in [1.807, 2.05) is 31.2 Å². The number of rotatable bonds is 5. The van der Waals surface area contributed by atoms with Crippen molar-refractivity contribution >= 4 is 17.7 Å². The molecule has 5 nitrogen and oxygen atoms in total. The third-order valence-corrected chi connectivity index (χ3v) is 4.43. The highest BCUT2D eigenvalue weighted by Crippen LogP contribution is 2.31. The Hall–Kier alpha value is -3.86.